The van der Waals surface area contributed by atoms with E-state index in [-0.39, 0.29) is 66.2 Å². The van der Waals surface area contributed by atoms with Crippen LogP contribution in [-0.2, 0) is 25.6 Å². The molecule has 342 valence electrons. The normalized spacial score (nSPS) is 49.3. The van der Waals surface area contributed by atoms with E-state index in [4.69, 9.17) is 14.2 Å². The lowest BCUT2D eigenvalue weighted by atomic mass is 9.28. The maximum absolute atomic E-state index is 14.2. The molecule has 1 aromatic rings. The fourth-order valence-electron chi connectivity index (χ4n) is 16.4. The Kier molecular flexibility index (Phi) is 12.6. The van der Waals surface area contributed by atoms with Crippen molar-refractivity contribution >= 4 is 5.97 Å². The van der Waals surface area contributed by atoms with Gasteiger partial charge in [0.15, 0.2) is 6.29 Å². The number of ether oxygens (including phenoxy) is 3. The molecular weight excluding hydrogens is 777 g/mol. The zero-order chi connectivity index (χ0) is 43.8. The summed E-state index contributed by atoms with van der Waals surface area (Å²) in [4.78, 5) is 14.2. The fourth-order valence-corrected chi connectivity index (χ4v) is 16.4. The third-order valence-electron chi connectivity index (χ3n) is 19.1. The van der Waals surface area contributed by atoms with Crippen LogP contribution < -0.4 is 0 Å². The number of aliphatic carboxylic acids is 1. The zero-order valence-electron chi connectivity index (χ0n) is 37.4. The summed E-state index contributed by atoms with van der Waals surface area (Å²) in [6.45, 7) is 11.1. The quantitative estimate of drug-likeness (QED) is 0.0702. The molecular formula is C50H76O11. The number of allylic oxidation sites excluding steroid dienone is 2. The summed E-state index contributed by atoms with van der Waals surface area (Å²) in [5.74, 6) is -1.29. The third kappa shape index (κ3) is 6.78. The molecule has 11 heteroatoms. The summed E-state index contributed by atoms with van der Waals surface area (Å²) in [6.07, 6.45) is 6.29. The monoisotopic (exact) mass is 853 g/mol. The summed E-state index contributed by atoms with van der Waals surface area (Å²) in [5, 5.41) is 78.7. The molecule has 1 spiro atoms. The standard InChI is InChI=1S/C50H76O11/c1-6-7-9-16-31-33-17-12-13-21-49-22-20-37-46(3,38(49)19-18-32(48(31,49)5)34-23-45(2,28-51)25-39(54)50(33,34)44(57)58)24-36(59-26-30-14-10-8-11-15-30)42(47(37,4)29-52)61-43-41(56)40(55)35(53)27-60-43/h8,10-11,14-15,18,31,33-43,51-56H,6-7,9,12-13,16-17,19-29H2,1-5H3,(H,57,58)/t31-,33-,34-,35+,36+,37-,38+,39-,40-,41+,42+,43-,45+,46-,47-,48+,49+,50-/m0/s1. The minimum Gasteiger partial charge on any atom is -0.481 e. The number of carboxylic acids is 1. The number of rotatable bonds is 12. The fraction of sp³-hybridized carbons (Fsp3) is 0.820. The number of carboxylic acid groups (broad SMARTS) is 1. The Morgan fingerprint density at radius 3 is 2.33 bits per heavy atom. The second-order valence-electron chi connectivity index (χ2n) is 22.1. The number of aliphatic hydroxyl groups excluding tert-OH is 6. The molecule has 8 rings (SSSR count). The van der Waals surface area contributed by atoms with Crippen LogP contribution in [0.2, 0.25) is 0 Å². The Balaban J connectivity index is 1.27. The summed E-state index contributed by atoms with van der Waals surface area (Å²) >= 11 is 0. The van der Waals surface area contributed by atoms with Crippen LogP contribution in [0.1, 0.15) is 130 Å². The largest absolute Gasteiger partial charge is 0.481 e. The lowest BCUT2D eigenvalue weighted by Gasteiger charge is -2.76. The third-order valence-corrected chi connectivity index (χ3v) is 19.1. The molecule has 11 nitrogen and oxygen atoms in total. The Morgan fingerprint density at radius 2 is 1.64 bits per heavy atom. The van der Waals surface area contributed by atoms with Gasteiger partial charge in [0.1, 0.15) is 23.7 Å². The average Bonchev–Trinajstić information content (AvgIpc) is 3.23. The molecule has 2 bridgehead atoms. The predicted octanol–water partition coefficient (Wildman–Crippen LogP) is 6.39. The van der Waals surface area contributed by atoms with Crippen LogP contribution >= 0.6 is 0 Å². The van der Waals surface area contributed by atoms with Crippen molar-refractivity contribution in [1.82, 2.24) is 0 Å². The predicted molar refractivity (Wildman–Crippen MR) is 229 cm³/mol. The molecule has 5 saturated carbocycles. The summed E-state index contributed by atoms with van der Waals surface area (Å²) in [7, 11) is 0. The Bertz CT molecular complexity index is 1760. The number of aliphatic hydroxyl groups is 6. The van der Waals surface area contributed by atoms with Gasteiger partial charge in [-0.25, -0.2) is 0 Å². The van der Waals surface area contributed by atoms with Crippen LogP contribution in [0.4, 0.5) is 0 Å². The van der Waals surface area contributed by atoms with Crippen LogP contribution in [0.15, 0.2) is 42.0 Å². The van der Waals surface area contributed by atoms with Gasteiger partial charge in [-0.05, 0) is 115 Å². The van der Waals surface area contributed by atoms with Crippen molar-refractivity contribution in [3.63, 3.8) is 0 Å². The minimum absolute atomic E-state index is 0.0207. The molecule has 61 heavy (non-hydrogen) atoms. The SMILES string of the molecule is CCCCC[C@H]1[C@@H]2CCCC[C@@]34CC[C@@H]5[C@](C)(CO)[C@H](O[C@@H]6OC[C@@H](O)[C@H](O)[C@H]6O)[C@H](OCc6ccccc6)C[C@]5(C)[C@H]3CC=C([C@@H]3C[C@@](C)(CO)C[C@H](O)[C@@]32C(=O)O)[C@@]14C. The van der Waals surface area contributed by atoms with Crippen molar-refractivity contribution in [2.24, 2.45) is 62.1 Å². The molecule has 1 aliphatic heterocycles. The number of fused-ring (bicyclic) bond motifs is 6. The van der Waals surface area contributed by atoms with Crippen LogP contribution in [0.5, 0.6) is 0 Å². The lowest BCUT2D eigenvalue weighted by molar-refractivity contribution is -0.335. The first-order valence-electron chi connectivity index (χ1n) is 23.8. The van der Waals surface area contributed by atoms with Gasteiger partial charge in [0.25, 0.3) is 0 Å². The van der Waals surface area contributed by atoms with E-state index in [9.17, 15) is 40.5 Å². The highest BCUT2D eigenvalue weighted by molar-refractivity contribution is 5.78. The van der Waals surface area contributed by atoms with Crippen molar-refractivity contribution in [2.75, 3.05) is 19.8 Å². The first-order valence-corrected chi connectivity index (χ1v) is 23.8. The van der Waals surface area contributed by atoms with Gasteiger partial charge < -0.3 is 50.0 Å². The number of hydrogen-bond donors (Lipinski definition) is 7. The van der Waals surface area contributed by atoms with Gasteiger partial charge in [0, 0.05) is 12.0 Å². The molecule has 1 saturated heterocycles. The molecule has 1 aromatic carbocycles. The van der Waals surface area contributed by atoms with Crippen molar-refractivity contribution < 1.29 is 54.8 Å². The van der Waals surface area contributed by atoms with E-state index in [0.29, 0.717) is 19.4 Å². The van der Waals surface area contributed by atoms with Crippen LogP contribution in [-0.4, -0.2) is 104 Å². The van der Waals surface area contributed by atoms with Crippen molar-refractivity contribution in [3.8, 4) is 0 Å². The minimum atomic E-state index is -1.49. The van der Waals surface area contributed by atoms with Crippen LogP contribution in [0.25, 0.3) is 0 Å². The second-order valence-corrected chi connectivity index (χ2v) is 22.1. The van der Waals surface area contributed by atoms with Gasteiger partial charge in [-0.2, -0.15) is 0 Å². The van der Waals surface area contributed by atoms with E-state index in [0.717, 1.165) is 76.2 Å². The van der Waals surface area contributed by atoms with Crippen LogP contribution in [0.3, 0.4) is 0 Å². The smallest absolute Gasteiger partial charge is 0.313 e. The molecule has 6 aliphatic carbocycles. The number of benzene rings is 1. The molecule has 6 fully saturated rings. The molecule has 18 atom stereocenters. The molecule has 1 heterocycles. The van der Waals surface area contributed by atoms with Gasteiger partial charge in [0.2, 0.25) is 0 Å². The molecule has 7 aliphatic rings. The zero-order valence-corrected chi connectivity index (χ0v) is 37.4. The average molecular weight is 853 g/mol. The molecule has 0 aromatic heterocycles. The maximum atomic E-state index is 14.2. The van der Waals surface area contributed by atoms with Gasteiger partial charge in [-0.1, -0.05) is 109 Å². The molecule has 0 radical (unpaired) electrons. The van der Waals surface area contributed by atoms with Gasteiger partial charge in [0.05, 0.1) is 38.1 Å². The lowest BCUT2D eigenvalue weighted by Crippen LogP contribution is -2.73. The van der Waals surface area contributed by atoms with Gasteiger partial charge >= 0.3 is 5.97 Å². The van der Waals surface area contributed by atoms with E-state index in [2.05, 4.69) is 33.8 Å². The highest BCUT2D eigenvalue weighted by Crippen LogP contribution is 2.80. The first-order chi connectivity index (χ1) is 29.0. The summed E-state index contributed by atoms with van der Waals surface area (Å²) < 4.78 is 19.6. The Labute approximate surface area is 363 Å². The van der Waals surface area contributed by atoms with E-state index in [1.165, 1.54) is 5.57 Å². The maximum Gasteiger partial charge on any atom is 0.313 e. The van der Waals surface area contributed by atoms with Crippen molar-refractivity contribution in [2.45, 2.75) is 174 Å². The second kappa shape index (κ2) is 16.8. The van der Waals surface area contributed by atoms with E-state index in [1.54, 1.807) is 0 Å². The topological polar surface area (TPSA) is 186 Å². The van der Waals surface area contributed by atoms with Gasteiger partial charge in [-0.3, -0.25) is 4.79 Å². The van der Waals surface area contributed by atoms with Gasteiger partial charge in [-0.15, -0.1) is 0 Å². The summed E-state index contributed by atoms with van der Waals surface area (Å²) in [5.41, 5.74) is -1.47. The highest BCUT2D eigenvalue weighted by atomic mass is 16.7. The molecule has 0 unspecified atom stereocenters. The number of carbonyl (C=O) groups is 1. The van der Waals surface area contributed by atoms with E-state index < -0.39 is 71.0 Å². The first kappa shape index (κ1) is 45.6. The Morgan fingerprint density at radius 1 is 0.885 bits per heavy atom. The number of hydrogen-bond acceptors (Lipinski definition) is 10. The van der Waals surface area contributed by atoms with Crippen molar-refractivity contribution in [3.05, 3.63) is 47.5 Å². The van der Waals surface area contributed by atoms with Crippen LogP contribution in [0, 0.1) is 62.1 Å². The van der Waals surface area contributed by atoms with E-state index >= 15 is 0 Å². The highest BCUT2D eigenvalue weighted by Gasteiger charge is 2.77. The van der Waals surface area contributed by atoms with Crippen molar-refractivity contribution in [1.29, 1.82) is 0 Å². The Hall–Kier alpha value is -1.93. The summed E-state index contributed by atoms with van der Waals surface area (Å²) in [6, 6.07) is 9.99. The molecule has 7 N–H and O–H groups in total. The van der Waals surface area contributed by atoms with E-state index in [1.807, 2.05) is 37.3 Å². The number of unbranched alkanes of at least 4 members (excludes halogenated alkanes) is 2. The molecule has 0 amide bonds.